The third kappa shape index (κ3) is 4.40. The standard InChI is InChI=1S/C43H47N5O8S/c1-19-11-25-28(33(50)34(19)52-6)31-32-38-30-29(37-36(54-18-55-37)20(2)35(30)56-21(3)49)27(48(32)41(4)15-42(25,5)47(31)16-41)14-53-40(51)43(17-57-38)39-24(12-22(13-44)46-43)23-9-7-8-10-26(23)45-39/h7-11,22,27,31-32,38,45-46,50H,12-18,44H2,1-6H3/t22-,27-,31+,32+,38+,41?,42+,43+/m0/s1. The van der Waals surface area contributed by atoms with Crippen LogP contribution in [0.5, 0.6) is 28.7 Å². The van der Waals surface area contributed by atoms with Crippen LogP contribution in [0.2, 0.25) is 0 Å². The number of piperazine rings is 1. The molecule has 8 atom stereocenters. The first-order valence-electron chi connectivity index (χ1n) is 19.8. The van der Waals surface area contributed by atoms with E-state index in [4.69, 9.17) is 29.4 Å². The van der Waals surface area contributed by atoms with Gasteiger partial charge in [-0.05, 0) is 69.4 Å². The van der Waals surface area contributed by atoms with Crippen LogP contribution in [0, 0.1) is 13.8 Å². The Labute approximate surface area is 334 Å². The first-order chi connectivity index (χ1) is 27.3. The number of nitrogens with two attached hydrogens (primary N) is 1. The van der Waals surface area contributed by atoms with E-state index in [2.05, 4.69) is 46.1 Å². The normalized spacial score (nSPS) is 33.2. The first kappa shape index (κ1) is 35.7. The van der Waals surface area contributed by atoms with Crippen LogP contribution in [-0.4, -0.2) is 88.8 Å². The lowest BCUT2D eigenvalue weighted by Crippen LogP contribution is -2.67. The van der Waals surface area contributed by atoms with Crippen molar-refractivity contribution in [1.29, 1.82) is 0 Å². The van der Waals surface area contributed by atoms with E-state index >= 15 is 4.79 Å². The lowest BCUT2D eigenvalue weighted by molar-refractivity contribution is -0.158. The average Bonchev–Trinajstić information content (AvgIpc) is 3.93. The Hall–Kier alpha value is -4.47. The first-order valence-corrected chi connectivity index (χ1v) is 20.9. The Morgan fingerprint density at radius 3 is 2.67 bits per heavy atom. The SMILES string of the molecule is COc1c(C)cc2c(c1O)[C@@H]1[C@@H]3[C@@H]4SC[C@]5(N[C@H](CN)Cc6c5[nH]c5ccccc65)C(=O)OC[C@@H](c5c6c(c(C)c(OC(C)=O)c54)OCO6)N3C3(C)CN1[C@]2(C)C3. The highest BCUT2D eigenvalue weighted by Crippen LogP contribution is 2.71. The van der Waals surface area contributed by atoms with Gasteiger partial charge in [0.2, 0.25) is 6.79 Å². The predicted octanol–water partition coefficient (Wildman–Crippen LogP) is 5.03. The van der Waals surface area contributed by atoms with E-state index in [1.54, 1.807) is 18.9 Å². The molecule has 1 unspecified atom stereocenters. The summed E-state index contributed by atoms with van der Waals surface area (Å²) < 4.78 is 31.3. The molecule has 14 heteroatoms. The molecule has 8 aliphatic rings. The van der Waals surface area contributed by atoms with E-state index in [1.165, 1.54) is 6.92 Å². The van der Waals surface area contributed by atoms with Gasteiger partial charge in [0, 0.05) is 82.1 Å². The topological polar surface area (TPSA) is 161 Å². The number of nitrogens with zero attached hydrogens (tertiary/aromatic N) is 2. The Balaban J connectivity index is 1.19. The molecular weight excluding hydrogens is 747 g/mol. The summed E-state index contributed by atoms with van der Waals surface area (Å²) in [5, 5.41) is 16.6. The molecule has 0 amide bonds. The number of carbonyl (C=O) groups is 2. The second-order valence-corrected chi connectivity index (χ2v) is 18.6. The number of benzene rings is 3. The highest BCUT2D eigenvalue weighted by atomic mass is 32.2. The minimum Gasteiger partial charge on any atom is -0.504 e. The third-order valence-electron chi connectivity index (χ3n) is 14.2. The number of nitrogens with one attached hydrogen (secondary N) is 2. The van der Waals surface area contributed by atoms with Crippen molar-refractivity contribution in [3.05, 3.63) is 75.0 Å². The van der Waals surface area contributed by atoms with Crippen molar-refractivity contribution in [2.45, 2.75) is 93.5 Å². The molecule has 4 aromatic rings. The number of H-pyrrole nitrogens is 1. The minimum absolute atomic E-state index is 0.000537. The highest BCUT2D eigenvalue weighted by molar-refractivity contribution is 7.99. The maximum Gasteiger partial charge on any atom is 0.333 e. The highest BCUT2D eigenvalue weighted by Gasteiger charge is 2.71. The van der Waals surface area contributed by atoms with Crippen LogP contribution < -0.4 is 30.0 Å². The summed E-state index contributed by atoms with van der Waals surface area (Å²) in [5.41, 5.74) is 12.3. The number of aromatic nitrogens is 1. The van der Waals surface area contributed by atoms with Gasteiger partial charge in [0.1, 0.15) is 12.4 Å². The molecule has 0 radical (unpaired) electrons. The average molecular weight is 794 g/mol. The second kappa shape index (κ2) is 11.8. The number of methoxy groups -OCH3 is 1. The quantitative estimate of drug-likeness (QED) is 0.162. The fourth-order valence-corrected chi connectivity index (χ4v) is 14.0. The number of phenolic OH excluding ortho intramolecular Hbond substituents is 1. The summed E-state index contributed by atoms with van der Waals surface area (Å²) in [5.74, 6) is 1.64. The molecular formula is C43H47N5O8S. The number of carbonyl (C=O) groups excluding carboxylic acids is 2. The number of hydrogen-bond acceptors (Lipinski definition) is 13. The van der Waals surface area contributed by atoms with Crippen molar-refractivity contribution in [3.8, 4) is 28.7 Å². The second-order valence-electron chi connectivity index (χ2n) is 17.5. The van der Waals surface area contributed by atoms with Gasteiger partial charge in [-0.15, -0.1) is 11.8 Å². The van der Waals surface area contributed by atoms with Crippen molar-refractivity contribution in [1.82, 2.24) is 20.1 Å². The van der Waals surface area contributed by atoms with Crippen LogP contribution in [0.25, 0.3) is 10.9 Å². The molecule has 0 aliphatic carbocycles. The molecule has 3 saturated heterocycles. The van der Waals surface area contributed by atoms with Gasteiger partial charge in [-0.2, -0.15) is 0 Å². The van der Waals surface area contributed by atoms with Gasteiger partial charge < -0.3 is 39.5 Å². The van der Waals surface area contributed by atoms with E-state index < -0.39 is 33.9 Å². The van der Waals surface area contributed by atoms with E-state index in [1.807, 2.05) is 32.0 Å². The summed E-state index contributed by atoms with van der Waals surface area (Å²) in [7, 11) is 1.60. The third-order valence-corrected chi connectivity index (χ3v) is 15.7. The van der Waals surface area contributed by atoms with Crippen LogP contribution in [-0.2, 0) is 31.8 Å². The zero-order valence-corrected chi connectivity index (χ0v) is 33.7. The van der Waals surface area contributed by atoms with E-state index in [9.17, 15) is 9.90 Å². The number of rotatable bonds is 3. The lowest BCUT2D eigenvalue weighted by Gasteiger charge is -2.60. The number of aromatic amines is 1. The molecule has 5 N–H and O–H groups in total. The molecule has 298 valence electrons. The Morgan fingerprint density at radius 1 is 1.11 bits per heavy atom. The Morgan fingerprint density at radius 2 is 1.89 bits per heavy atom. The molecule has 1 spiro atoms. The number of para-hydroxylation sites is 1. The summed E-state index contributed by atoms with van der Waals surface area (Å²) in [4.78, 5) is 37.0. The Bertz CT molecular complexity index is 2470. The fourth-order valence-electron chi connectivity index (χ4n) is 12.3. The predicted molar refractivity (Wildman–Crippen MR) is 212 cm³/mol. The van der Waals surface area contributed by atoms with Gasteiger partial charge in [-0.25, -0.2) is 4.79 Å². The number of phenols is 1. The molecule has 8 aliphatic heterocycles. The molecule has 3 aromatic carbocycles. The van der Waals surface area contributed by atoms with Crippen molar-refractivity contribution >= 4 is 34.6 Å². The van der Waals surface area contributed by atoms with Gasteiger partial charge in [-0.1, -0.05) is 18.2 Å². The number of ether oxygens (including phenoxy) is 5. The number of aromatic hydroxyl groups is 1. The molecule has 57 heavy (non-hydrogen) atoms. The van der Waals surface area contributed by atoms with Crippen molar-refractivity contribution in [2.24, 2.45) is 5.73 Å². The number of esters is 2. The zero-order valence-electron chi connectivity index (χ0n) is 32.9. The molecule has 13 nitrogen and oxygen atoms in total. The fraction of sp³-hybridized carbons (Fsp3) is 0.488. The number of aryl methyl sites for hydroxylation is 1. The van der Waals surface area contributed by atoms with Crippen LogP contribution in [0.3, 0.4) is 0 Å². The van der Waals surface area contributed by atoms with Crippen molar-refractivity contribution in [3.63, 3.8) is 0 Å². The molecule has 9 heterocycles. The van der Waals surface area contributed by atoms with Gasteiger partial charge >= 0.3 is 11.9 Å². The number of thioether (sulfide) groups is 1. The van der Waals surface area contributed by atoms with E-state index in [0.717, 1.165) is 62.9 Å². The zero-order chi connectivity index (χ0) is 39.5. The van der Waals surface area contributed by atoms with Crippen molar-refractivity contribution < 1.29 is 38.4 Å². The molecule has 0 saturated carbocycles. The van der Waals surface area contributed by atoms with Gasteiger partial charge in [0.25, 0.3) is 0 Å². The summed E-state index contributed by atoms with van der Waals surface area (Å²) >= 11 is 1.64. The maximum atomic E-state index is 15.1. The van der Waals surface area contributed by atoms with Gasteiger partial charge in [-0.3, -0.25) is 19.9 Å². The molecule has 3 fully saturated rings. The van der Waals surface area contributed by atoms with Crippen LogP contribution in [0.4, 0.5) is 0 Å². The van der Waals surface area contributed by atoms with Crippen LogP contribution in [0.15, 0.2) is 30.3 Å². The van der Waals surface area contributed by atoms with Crippen LogP contribution in [0.1, 0.15) is 89.2 Å². The summed E-state index contributed by atoms with van der Waals surface area (Å²) in [6, 6.07) is 9.05. The molecule has 4 bridgehead atoms. The summed E-state index contributed by atoms with van der Waals surface area (Å²) in [6.07, 6.45) is 1.43. The Kier molecular flexibility index (Phi) is 7.39. The number of hydrogen-bond donors (Lipinski definition) is 4. The number of fused-ring (bicyclic) bond motifs is 11. The molecule has 12 rings (SSSR count). The molecule has 1 aromatic heterocycles. The largest absolute Gasteiger partial charge is 0.504 e. The van der Waals surface area contributed by atoms with E-state index in [0.29, 0.717) is 41.5 Å². The maximum absolute atomic E-state index is 15.1. The van der Waals surface area contributed by atoms with E-state index in [-0.39, 0.29) is 49.0 Å². The van der Waals surface area contributed by atoms with Gasteiger partial charge in [0.05, 0.1) is 30.1 Å². The van der Waals surface area contributed by atoms with Crippen LogP contribution >= 0.6 is 11.8 Å². The monoisotopic (exact) mass is 793 g/mol. The van der Waals surface area contributed by atoms with Gasteiger partial charge in [0.15, 0.2) is 28.5 Å². The smallest absolute Gasteiger partial charge is 0.333 e. The summed E-state index contributed by atoms with van der Waals surface area (Å²) in [6.45, 7) is 11.0. The van der Waals surface area contributed by atoms with Crippen molar-refractivity contribution in [2.75, 3.05) is 39.4 Å². The minimum atomic E-state index is -1.28. The lowest BCUT2D eigenvalue weighted by atomic mass is 9.72.